The number of hydrogen-bond acceptors (Lipinski definition) is 4. The number of hydrazone groups is 1. The second-order valence-electron chi connectivity index (χ2n) is 8.98. The second-order valence-corrected chi connectivity index (χ2v) is 9.56. The number of benzene rings is 1. The molecule has 0 spiro atoms. The van der Waals surface area contributed by atoms with Crippen molar-refractivity contribution in [3.05, 3.63) is 93.3 Å². The van der Waals surface area contributed by atoms with Crippen LogP contribution >= 0.6 is 0 Å². The van der Waals surface area contributed by atoms with E-state index in [2.05, 4.69) is 111 Å². The van der Waals surface area contributed by atoms with Crippen LogP contribution in [0, 0.1) is 45.1 Å². The minimum absolute atomic E-state index is 0.0441. The Morgan fingerprint density at radius 2 is 1.54 bits per heavy atom. The van der Waals surface area contributed by atoms with Gasteiger partial charge in [-0.15, -0.1) is 0 Å². The van der Waals surface area contributed by atoms with Gasteiger partial charge < -0.3 is 0 Å². The summed E-state index contributed by atoms with van der Waals surface area (Å²) in [7, 11) is 0. The van der Waals surface area contributed by atoms with Gasteiger partial charge in [-0.05, 0) is 0 Å². The monoisotopic (exact) mass is 570 g/mol. The molecule has 1 aliphatic carbocycles. The van der Waals surface area contributed by atoms with Gasteiger partial charge in [-0.25, -0.2) is 0 Å². The third-order valence-corrected chi connectivity index (χ3v) is 7.15. The predicted molar refractivity (Wildman–Crippen MR) is 132 cm³/mol. The first-order valence-corrected chi connectivity index (χ1v) is 12.2. The van der Waals surface area contributed by atoms with E-state index in [9.17, 15) is 0 Å². The zero-order valence-electron chi connectivity index (χ0n) is 22.0. The van der Waals surface area contributed by atoms with Crippen molar-refractivity contribution in [2.75, 3.05) is 6.54 Å². The number of furan rings is 1. The Kier molecular flexibility index (Phi) is 21.5. The fourth-order valence-corrected chi connectivity index (χ4v) is 5.36. The molecule has 204 valence electrons. The summed E-state index contributed by atoms with van der Waals surface area (Å²) in [5, 5.41) is 4.52. The maximum absolute atomic E-state index is 7.50. The van der Waals surface area contributed by atoms with E-state index in [1.165, 1.54) is 18.4 Å². The van der Waals surface area contributed by atoms with Gasteiger partial charge in [0.2, 0.25) is 0 Å². The first-order valence-electron chi connectivity index (χ1n) is 11.6. The topological polar surface area (TPSA) is 146 Å². The van der Waals surface area contributed by atoms with Gasteiger partial charge in [0.1, 0.15) is 0 Å². The molecule has 1 N–H and O–H groups in total. The van der Waals surface area contributed by atoms with Crippen molar-refractivity contribution in [3.63, 3.8) is 0 Å². The van der Waals surface area contributed by atoms with Crippen LogP contribution in [0.4, 0.5) is 0 Å². The number of nitrogens with one attached hydrogen (secondary N) is 1. The zero-order chi connectivity index (χ0) is 30.4. The van der Waals surface area contributed by atoms with Crippen molar-refractivity contribution >= 4 is 10.3 Å². The minimum atomic E-state index is 0.0441. The molecular weight excluding hydrogens is 540 g/mol. The summed E-state index contributed by atoms with van der Waals surface area (Å²) in [6.45, 7) is 30.3. The van der Waals surface area contributed by atoms with Crippen LogP contribution in [-0.2, 0) is 49.3 Å². The van der Waals surface area contributed by atoms with Crippen molar-refractivity contribution in [3.8, 4) is 0 Å². The predicted octanol–water partition coefficient (Wildman–Crippen LogP) is 4.61. The molecule has 2 heterocycles. The number of rotatable bonds is 6. The summed E-state index contributed by atoms with van der Waals surface area (Å²) in [6, 6.07) is 14.8. The average Bonchev–Trinajstić information content (AvgIpc) is 3.71. The summed E-state index contributed by atoms with van der Waals surface area (Å²) in [5.74, 6) is 2.12. The van der Waals surface area contributed by atoms with Crippen molar-refractivity contribution in [2.45, 2.75) is 57.5 Å². The van der Waals surface area contributed by atoms with Crippen LogP contribution in [0.25, 0.3) is 0 Å². The molecule has 0 saturated heterocycles. The Morgan fingerprint density at radius 3 is 2.08 bits per heavy atom. The van der Waals surface area contributed by atoms with Crippen LogP contribution < -0.4 is 5.43 Å². The first-order chi connectivity index (χ1) is 19.0. The Hall–Kier alpha value is -2.97. The maximum atomic E-state index is 7.50. The molecule has 10 heteroatoms. The SMILES string of the molecule is C[C@@H]1CC[C@@H](C(C)(C)c2ccccc2)[C@H](O[C](=[Cr])C2=NNC[C@@H]2c2ccco2)C1.[C-]#[O+].[C-]#[O+].[C-]#[O+].[C-]#[O+].[C-]#[O+]. The van der Waals surface area contributed by atoms with E-state index in [0.29, 0.717) is 11.8 Å². The van der Waals surface area contributed by atoms with E-state index in [1.54, 1.807) is 6.26 Å². The quantitative estimate of drug-likeness (QED) is 0.400. The summed E-state index contributed by atoms with van der Waals surface area (Å²) in [4.78, 5) is 0. The van der Waals surface area contributed by atoms with Gasteiger partial charge in [-0.3, -0.25) is 0 Å². The molecule has 9 nitrogen and oxygen atoms in total. The van der Waals surface area contributed by atoms with Gasteiger partial charge in [0.15, 0.2) is 0 Å². The van der Waals surface area contributed by atoms with Crippen molar-refractivity contribution in [1.29, 1.82) is 0 Å². The summed E-state index contributed by atoms with van der Waals surface area (Å²) in [6.07, 6.45) is 5.37. The van der Waals surface area contributed by atoms with Crippen LogP contribution in [0.3, 0.4) is 0 Å². The molecule has 1 fully saturated rings. The molecule has 0 bridgehead atoms. The van der Waals surface area contributed by atoms with Gasteiger partial charge in [0.25, 0.3) is 0 Å². The third-order valence-electron chi connectivity index (χ3n) is 6.68. The molecule has 0 unspecified atom stereocenters. The molecule has 4 rings (SSSR count). The average molecular weight is 571 g/mol. The van der Waals surface area contributed by atoms with E-state index in [4.69, 9.17) is 32.4 Å². The third kappa shape index (κ3) is 11.0. The van der Waals surface area contributed by atoms with Crippen LogP contribution in [0.2, 0.25) is 0 Å². The van der Waals surface area contributed by atoms with E-state index >= 15 is 0 Å². The molecule has 4 atom stereocenters. The van der Waals surface area contributed by atoms with E-state index < -0.39 is 0 Å². The molecular formula is C29H30CrN2O7. The van der Waals surface area contributed by atoms with Crippen LogP contribution in [-0.4, -0.2) is 22.9 Å². The fourth-order valence-electron chi connectivity index (χ4n) is 4.87. The van der Waals surface area contributed by atoms with Crippen LogP contribution in [0.5, 0.6) is 0 Å². The van der Waals surface area contributed by atoms with Gasteiger partial charge in [0, 0.05) is 0 Å². The number of ether oxygens (including phenoxy) is 1. The Bertz CT molecular complexity index is 1050. The molecule has 39 heavy (non-hydrogen) atoms. The first kappa shape index (κ1) is 38.2. The Balaban J connectivity index is 0. The van der Waals surface area contributed by atoms with Gasteiger partial charge in [-0.2, -0.15) is 0 Å². The molecule has 1 aromatic heterocycles. The van der Waals surface area contributed by atoms with E-state index in [1.807, 2.05) is 12.1 Å². The summed E-state index contributed by atoms with van der Waals surface area (Å²) < 4.78 is 50.6. The standard InChI is InChI=1S/C24H30N2O2.5CO.Cr/c1-17-11-12-20(24(2,3)18-8-5-4-6-9-18)23(14-17)28-16-21-19(15-25-26-21)22-10-7-13-27-22;5*1-2;/h4-10,13,17,19-20,23,25H,11-12,14-15H2,1-3H3;;;;;;/t17-,19+,20-,23-;;;;;;/m1....../s1. The number of hydrogen-bond donors (Lipinski definition) is 1. The van der Waals surface area contributed by atoms with Crippen molar-refractivity contribution in [1.82, 2.24) is 5.43 Å². The van der Waals surface area contributed by atoms with Gasteiger partial charge in [-0.1, -0.05) is 0 Å². The number of nitrogens with zero attached hydrogens (tertiary/aromatic N) is 1. The molecule has 2 aliphatic rings. The van der Waals surface area contributed by atoms with Gasteiger partial charge in [0.05, 0.1) is 0 Å². The van der Waals surface area contributed by atoms with E-state index in [0.717, 1.165) is 29.0 Å². The summed E-state index contributed by atoms with van der Waals surface area (Å²) in [5.41, 5.74) is 5.45. The molecule has 0 radical (unpaired) electrons. The molecule has 0 amide bonds. The zero-order valence-corrected chi connectivity index (χ0v) is 23.2. The molecule has 1 aliphatic heterocycles. The normalized spacial score (nSPS) is 20.6. The Morgan fingerprint density at radius 1 is 0.949 bits per heavy atom. The van der Waals surface area contributed by atoms with Gasteiger partial charge >= 0.3 is 238 Å². The van der Waals surface area contributed by atoms with Crippen molar-refractivity contribution < 1.29 is 48.3 Å². The molecule has 1 saturated carbocycles. The second kappa shape index (κ2) is 21.9. The van der Waals surface area contributed by atoms with E-state index in [-0.39, 0.29) is 17.4 Å². The molecule has 1 aromatic carbocycles. The fraction of sp³-hybridized carbons (Fsp3) is 0.414. The molecule has 2 aromatic rings. The van der Waals surface area contributed by atoms with Crippen LogP contribution in [0.15, 0.2) is 58.2 Å². The Labute approximate surface area is 237 Å². The van der Waals surface area contributed by atoms with Crippen LogP contribution in [0.1, 0.15) is 57.3 Å². The van der Waals surface area contributed by atoms with Crippen molar-refractivity contribution in [2.24, 2.45) is 16.9 Å². The summed E-state index contributed by atoms with van der Waals surface area (Å²) >= 11 is 3.17.